The standard InChI is InChI=1S/C9H9ClF2O3S/c1-5(2)15-9-7(11)3-6(4-8(9)12)16(10,13)14/h3-5H,1-2H3. The smallest absolute Gasteiger partial charge is 0.261 e. The lowest BCUT2D eigenvalue weighted by atomic mass is 10.3. The van der Waals surface area contributed by atoms with E-state index in [1.165, 1.54) is 0 Å². The van der Waals surface area contributed by atoms with Gasteiger partial charge in [-0.1, -0.05) is 0 Å². The maximum atomic E-state index is 13.3. The molecule has 0 saturated carbocycles. The van der Waals surface area contributed by atoms with Gasteiger partial charge in [0.1, 0.15) is 0 Å². The number of ether oxygens (including phenoxy) is 1. The Hall–Kier alpha value is -0.880. The summed E-state index contributed by atoms with van der Waals surface area (Å²) in [5.41, 5.74) is 0. The molecule has 0 amide bonds. The molecule has 1 rings (SSSR count). The molecule has 1 aromatic carbocycles. The average molecular weight is 271 g/mol. The molecule has 0 radical (unpaired) electrons. The SMILES string of the molecule is CC(C)Oc1c(F)cc(S(=O)(=O)Cl)cc1F. The van der Waals surface area contributed by atoms with Crippen molar-refractivity contribution in [3.05, 3.63) is 23.8 Å². The van der Waals surface area contributed by atoms with Crippen molar-refractivity contribution in [1.82, 2.24) is 0 Å². The molecule has 0 unspecified atom stereocenters. The molecule has 0 heterocycles. The van der Waals surface area contributed by atoms with E-state index in [1.807, 2.05) is 0 Å². The summed E-state index contributed by atoms with van der Waals surface area (Å²) in [5.74, 6) is -2.82. The Labute approximate surface area is 96.4 Å². The van der Waals surface area contributed by atoms with E-state index < -0.39 is 37.4 Å². The van der Waals surface area contributed by atoms with E-state index >= 15 is 0 Å². The quantitative estimate of drug-likeness (QED) is 0.793. The number of halogens is 3. The molecule has 0 spiro atoms. The molecular formula is C9H9ClF2O3S. The van der Waals surface area contributed by atoms with E-state index in [0.29, 0.717) is 12.1 Å². The zero-order valence-electron chi connectivity index (χ0n) is 8.50. The van der Waals surface area contributed by atoms with Gasteiger partial charge in [-0.05, 0) is 26.0 Å². The molecule has 0 aromatic heterocycles. The molecule has 0 N–H and O–H groups in total. The van der Waals surface area contributed by atoms with Gasteiger partial charge in [-0.15, -0.1) is 0 Å². The van der Waals surface area contributed by atoms with Crippen LogP contribution in [0.4, 0.5) is 8.78 Å². The number of hydrogen-bond acceptors (Lipinski definition) is 3. The lowest BCUT2D eigenvalue weighted by molar-refractivity contribution is 0.219. The highest BCUT2D eigenvalue weighted by molar-refractivity contribution is 8.13. The predicted molar refractivity (Wildman–Crippen MR) is 55.2 cm³/mol. The third kappa shape index (κ3) is 3.05. The van der Waals surface area contributed by atoms with Crippen molar-refractivity contribution in [3.8, 4) is 5.75 Å². The maximum Gasteiger partial charge on any atom is 0.261 e. The van der Waals surface area contributed by atoms with Crippen LogP contribution < -0.4 is 4.74 Å². The minimum atomic E-state index is -4.16. The minimum Gasteiger partial charge on any atom is -0.485 e. The zero-order valence-corrected chi connectivity index (χ0v) is 10.1. The Morgan fingerprint density at radius 1 is 1.25 bits per heavy atom. The molecule has 90 valence electrons. The Kier molecular flexibility index (Phi) is 3.75. The van der Waals surface area contributed by atoms with Crippen molar-refractivity contribution in [2.24, 2.45) is 0 Å². The molecule has 0 aliphatic carbocycles. The first-order valence-electron chi connectivity index (χ1n) is 4.32. The molecule has 0 atom stereocenters. The van der Waals surface area contributed by atoms with Crippen molar-refractivity contribution in [2.75, 3.05) is 0 Å². The summed E-state index contributed by atoms with van der Waals surface area (Å²) in [7, 11) is 0.802. The molecular weight excluding hydrogens is 262 g/mol. The van der Waals surface area contributed by atoms with Gasteiger partial charge in [-0.3, -0.25) is 0 Å². The zero-order chi connectivity index (χ0) is 12.5. The summed E-state index contributed by atoms with van der Waals surface area (Å²) in [6.07, 6.45) is -0.428. The highest BCUT2D eigenvalue weighted by atomic mass is 35.7. The first kappa shape index (κ1) is 13.2. The lowest BCUT2D eigenvalue weighted by Crippen LogP contribution is -2.09. The fourth-order valence-corrected chi connectivity index (χ4v) is 1.78. The van der Waals surface area contributed by atoms with E-state index in [0.717, 1.165) is 0 Å². The molecule has 0 aliphatic heterocycles. The summed E-state index contributed by atoms with van der Waals surface area (Å²) in [6, 6.07) is 1.23. The summed E-state index contributed by atoms with van der Waals surface area (Å²) in [4.78, 5) is -0.639. The van der Waals surface area contributed by atoms with E-state index in [4.69, 9.17) is 15.4 Å². The van der Waals surface area contributed by atoms with Gasteiger partial charge in [0, 0.05) is 10.7 Å². The van der Waals surface area contributed by atoms with Crippen molar-refractivity contribution >= 4 is 19.7 Å². The highest BCUT2D eigenvalue weighted by Gasteiger charge is 2.19. The average Bonchev–Trinajstić information content (AvgIpc) is 2.09. The minimum absolute atomic E-state index is 0.428. The van der Waals surface area contributed by atoms with Crippen molar-refractivity contribution in [3.63, 3.8) is 0 Å². The Balaban J connectivity index is 3.28. The summed E-state index contributed by atoms with van der Waals surface area (Å²) >= 11 is 0. The van der Waals surface area contributed by atoms with E-state index in [-0.39, 0.29) is 0 Å². The van der Waals surface area contributed by atoms with Gasteiger partial charge in [0.05, 0.1) is 11.0 Å². The highest BCUT2D eigenvalue weighted by Crippen LogP contribution is 2.27. The summed E-state index contributed by atoms with van der Waals surface area (Å²) in [6.45, 7) is 3.18. The van der Waals surface area contributed by atoms with Gasteiger partial charge in [-0.25, -0.2) is 17.2 Å². The van der Waals surface area contributed by atoms with Crippen LogP contribution in [0.3, 0.4) is 0 Å². The molecule has 3 nitrogen and oxygen atoms in total. The predicted octanol–water partition coefficient (Wildman–Crippen LogP) is 2.68. The summed E-state index contributed by atoms with van der Waals surface area (Å²) in [5, 5.41) is 0. The van der Waals surface area contributed by atoms with Gasteiger partial charge in [0.15, 0.2) is 17.4 Å². The first-order chi connectivity index (χ1) is 7.21. The van der Waals surface area contributed by atoms with Crippen LogP contribution in [0.25, 0.3) is 0 Å². The molecule has 0 aliphatic rings. The molecule has 0 saturated heterocycles. The molecule has 16 heavy (non-hydrogen) atoms. The molecule has 7 heteroatoms. The van der Waals surface area contributed by atoms with Crippen LogP contribution >= 0.6 is 10.7 Å². The van der Waals surface area contributed by atoms with Crippen molar-refractivity contribution in [2.45, 2.75) is 24.8 Å². The lowest BCUT2D eigenvalue weighted by Gasteiger charge is -2.11. The Bertz CT molecular complexity index is 476. The Morgan fingerprint density at radius 2 is 1.69 bits per heavy atom. The maximum absolute atomic E-state index is 13.3. The number of benzene rings is 1. The fraction of sp³-hybridized carbons (Fsp3) is 0.333. The van der Waals surface area contributed by atoms with Crippen LogP contribution in [0.15, 0.2) is 17.0 Å². The topological polar surface area (TPSA) is 43.4 Å². The first-order valence-corrected chi connectivity index (χ1v) is 6.63. The molecule has 0 fully saturated rings. The second-order valence-electron chi connectivity index (χ2n) is 3.32. The molecule has 0 bridgehead atoms. The number of rotatable bonds is 3. The van der Waals surface area contributed by atoms with Gasteiger partial charge >= 0.3 is 0 Å². The van der Waals surface area contributed by atoms with Crippen LogP contribution in [0, 0.1) is 11.6 Å². The summed E-state index contributed by atoms with van der Waals surface area (Å²) < 4.78 is 53.2. The normalized spacial score (nSPS) is 11.9. The second kappa shape index (κ2) is 4.55. The number of hydrogen-bond donors (Lipinski definition) is 0. The van der Waals surface area contributed by atoms with E-state index in [2.05, 4.69) is 0 Å². The monoisotopic (exact) mass is 270 g/mol. The van der Waals surface area contributed by atoms with Crippen LogP contribution in [0.1, 0.15) is 13.8 Å². The largest absolute Gasteiger partial charge is 0.485 e. The van der Waals surface area contributed by atoms with Crippen LogP contribution in [-0.2, 0) is 9.05 Å². The van der Waals surface area contributed by atoms with Crippen molar-refractivity contribution < 1.29 is 21.9 Å². The second-order valence-corrected chi connectivity index (χ2v) is 5.89. The van der Waals surface area contributed by atoms with E-state index in [9.17, 15) is 17.2 Å². The van der Waals surface area contributed by atoms with Crippen LogP contribution in [0.2, 0.25) is 0 Å². The van der Waals surface area contributed by atoms with E-state index in [1.54, 1.807) is 13.8 Å². The van der Waals surface area contributed by atoms with Crippen LogP contribution in [-0.4, -0.2) is 14.5 Å². The van der Waals surface area contributed by atoms with Gasteiger partial charge < -0.3 is 4.74 Å². The third-order valence-electron chi connectivity index (χ3n) is 1.61. The van der Waals surface area contributed by atoms with Gasteiger partial charge in [0.2, 0.25) is 0 Å². The Morgan fingerprint density at radius 3 is 2.00 bits per heavy atom. The van der Waals surface area contributed by atoms with Crippen molar-refractivity contribution in [1.29, 1.82) is 0 Å². The fourth-order valence-electron chi connectivity index (χ4n) is 1.03. The van der Waals surface area contributed by atoms with Gasteiger partial charge in [-0.2, -0.15) is 0 Å². The third-order valence-corrected chi connectivity index (χ3v) is 2.94. The van der Waals surface area contributed by atoms with Gasteiger partial charge in [0.25, 0.3) is 9.05 Å². The van der Waals surface area contributed by atoms with Crippen LogP contribution in [0.5, 0.6) is 5.75 Å². The molecule has 1 aromatic rings.